The van der Waals surface area contributed by atoms with Crippen LogP contribution in [0.3, 0.4) is 0 Å². The molecule has 3 rings (SSSR count). The molecule has 0 bridgehead atoms. The van der Waals surface area contributed by atoms with Gasteiger partial charge in [0, 0.05) is 30.4 Å². The molecule has 0 radical (unpaired) electrons. The van der Waals surface area contributed by atoms with Gasteiger partial charge in [0.15, 0.2) is 5.78 Å². The lowest BCUT2D eigenvalue weighted by Crippen LogP contribution is -2.34. The minimum Gasteiger partial charge on any atom is -0.356 e. The van der Waals surface area contributed by atoms with Crippen LogP contribution in [0.4, 0.5) is 11.5 Å². The predicted octanol–water partition coefficient (Wildman–Crippen LogP) is 3.48. The molecule has 2 aromatic rings. The monoisotopic (exact) mass is 352 g/mol. The standard InChI is InChI=1S/C20H24N4O2/c1-13-7-9-24(10-8-13)19-12-18(21-15(3)22-19)20(26)23-17-6-4-5-16(11-17)14(2)25/h4-6,11-13H,7-10H2,1-3H3,(H,23,26). The summed E-state index contributed by atoms with van der Waals surface area (Å²) < 4.78 is 0. The number of Topliss-reactive ketones (excluding diaryl/α,β-unsaturated/α-hetero) is 1. The SMILES string of the molecule is CC(=O)c1cccc(NC(=O)c2cc(N3CCC(C)CC3)nc(C)n2)c1. The third-order valence-corrected chi connectivity index (χ3v) is 4.69. The van der Waals surface area contributed by atoms with Crippen LogP contribution in [0, 0.1) is 12.8 Å². The van der Waals surface area contributed by atoms with Gasteiger partial charge in [0.2, 0.25) is 0 Å². The number of benzene rings is 1. The summed E-state index contributed by atoms with van der Waals surface area (Å²) in [5.41, 5.74) is 1.47. The molecular weight excluding hydrogens is 328 g/mol. The highest BCUT2D eigenvalue weighted by Crippen LogP contribution is 2.22. The van der Waals surface area contributed by atoms with Crippen molar-refractivity contribution in [3.8, 4) is 0 Å². The number of nitrogens with zero attached hydrogens (tertiary/aromatic N) is 3. The summed E-state index contributed by atoms with van der Waals surface area (Å²) in [5.74, 6) is 1.75. The second kappa shape index (κ2) is 7.64. The first-order valence-electron chi connectivity index (χ1n) is 8.95. The minimum absolute atomic E-state index is 0.0411. The Balaban J connectivity index is 1.79. The summed E-state index contributed by atoms with van der Waals surface area (Å²) in [5, 5.41) is 2.82. The lowest BCUT2D eigenvalue weighted by atomic mass is 9.99. The summed E-state index contributed by atoms with van der Waals surface area (Å²) in [6.45, 7) is 7.44. The average Bonchev–Trinajstić information content (AvgIpc) is 2.62. The number of piperidine rings is 1. The van der Waals surface area contributed by atoms with Crippen molar-refractivity contribution >= 4 is 23.2 Å². The first kappa shape index (κ1) is 18.0. The molecule has 6 nitrogen and oxygen atoms in total. The number of hydrogen-bond donors (Lipinski definition) is 1. The molecule has 0 aliphatic carbocycles. The molecule has 0 spiro atoms. The fourth-order valence-electron chi connectivity index (χ4n) is 3.08. The zero-order chi connectivity index (χ0) is 18.7. The first-order valence-corrected chi connectivity index (χ1v) is 8.95. The van der Waals surface area contributed by atoms with E-state index >= 15 is 0 Å². The van der Waals surface area contributed by atoms with Gasteiger partial charge in [-0.2, -0.15) is 0 Å². The van der Waals surface area contributed by atoms with Gasteiger partial charge in [-0.25, -0.2) is 9.97 Å². The van der Waals surface area contributed by atoms with Crippen LogP contribution in [-0.2, 0) is 0 Å². The van der Waals surface area contributed by atoms with E-state index in [2.05, 4.69) is 27.1 Å². The van der Waals surface area contributed by atoms with Crippen molar-refractivity contribution in [2.75, 3.05) is 23.3 Å². The average molecular weight is 352 g/mol. The number of hydrogen-bond acceptors (Lipinski definition) is 5. The van der Waals surface area contributed by atoms with Crippen LogP contribution in [0.2, 0.25) is 0 Å². The number of aromatic nitrogens is 2. The van der Waals surface area contributed by atoms with Gasteiger partial charge < -0.3 is 10.2 Å². The molecule has 1 aromatic carbocycles. The van der Waals surface area contributed by atoms with E-state index in [1.165, 1.54) is 6.92 Å². The fraction of sp³-hybridized carbons (Fsp3) is 0.400. The van der Waals surface area contributed by atoms with E-state index in [9.17, 15) is 9.59 Å². The fourth-order valence-corrected chi connectivity index (χ4v) is 3.08. The number of nitrogens with one attached hydrogen (secondary N) is 1. The lowest BCUT2D eigenvalue weighted by molar-refractivity contribution is 0.100. The van der Waals surface area contributed by atoms with Crippen LogP contribution in [0.1, 0.15) is 53.4 Å². The smallest absolute Gasteiger partial charge is 0.274 e. The number of anilines is 2. The van der Waals surface area contributed by atoms with Gasteiger partial charge in [0.25, 0.3) is 5.91 Å². The molecule has 0 unspecified atom stereocenters. The van der Waals surface area contributed by atoms with Gasteiger partial charge >= 0.3 is 0 Å². The number of amides is 1. The highest BCUT2D eigenvalue weighted by Gasteiger charge is 2.19. The van der Waals surface area contributed by atoms with Crippen LogP contribution in [0.5, 0.6) is 0 Å². The summed E-state index contributed by atoms with van der Waals surface area (Å²) in [4.78, 5) is 35.1. The molecule has 0 atom stereocenters. The lowest BCUT2D eigenvalue weighted by Gasteiger charge is -2.31. The maximum absolute atomic E-state index is 12.6. The van der Waals surface area contributed by atoms with Crippen LogP contribution >= 0.6 is 0 Å². The molecule has 1 saturated heterocycles. The molecule has 1 N–H and O–H groups in total. The van der Waals surface area contributed by atoms with E-state index in [4.69, 9.17) is 0 Å². The van der Waals surface area contributed by atoms with E-state index < -0.39 is 0 Å². The largest absolute Gasteiger partial charge is 0.356 e. The summed E-state index contributed by atoms with van der Waals surface area (Å²) >= 11 is 0. The Labute approximate surface area is 153 Å². The Hall–Kier alpha value is -2.76. The normalized spacial score (nSPS) is 15.0. The van der Waals surface area contributed by atoms with E-state index in [1.54, 1.807) is 37.3 Å². The highest BCUT2D eigenvalue weighted by molar-refractivity contribution is 6.04. The number of rotatable bonds is 4. The van der Waals surface area contributed by atoms with Crippen LogP contribution in [0.25, 0.3) is 0 Å². The Kier molecular flexibility index (Phi) is 5.30. The van der Waals surface area contributed by atoms with Gasteiger partial charge in [-0.05, 0) is 44.7 Å². The molecule has 1 aromatic heterocycles. The Morgan fingerprint density at radius 2 is 1.88 bits per heavy atom. The van der Waals surface area contributed by atoms with E-state index in [0.717, 1.165) is 37.7 Å². The first-order chi connectivity index (χ1) is 12.4. The van der Waals surface area contributed by atoms with Gasteiger partial charge in [-0.3, -0.25) is 9.59 Å². The molecule has 1 aliphatic heterocycles. The van der Waals surface area contributed by atoms with Gasteiger partial charge in [0.05, 0.1) is 0 Å². The highest BCUT2D eigenvalue weighted by atomic mass is 16.2. The molecule has 26 heavy (non-hydrogen) atoms. The maximum atomic E-state index is 12.6. The van der Waals surface area contributed by atoms with E-state index in [1.807, 2.05) is 0 Å². The van der Waals surface area contributed by atoms with Crippen molar-refractivity contribution in [1.82, 2.24) is 9.97 Å². The van der Waals surface area contributed by atoms with E-state index in [0.29, 0.717) is 22.8 Å². The zero-order valence-electron chi connectivity index (χ0n) is 15.5. The van der Waals surface area contributed by atoms with Crippen LogP contribution < -0.4 is 10.2 Å². The van der Waals surface area contributed by atoms with Gasteiger partial charge in [-0.15, -0.1) is 0 Å². The number of carbonyl (C=O) groups excluding carboxylic acids is 2. The number of ketones is 1. The molecule has 0 saturated carbocycles. The van der Waals surface area contributed by atoms with Crippen molar-refractivity contribution in [2.45, 2.75) is 33.6 Å². The molecule has 1 fully saturated rings. The Morgan fingerprint density at radius 1 is 1.15 bits per heavy atom. The second-order valence-corrected chi connectivity index (χ2v) is 6.92. The van der Waals surface area contributed by atoms with Crippen molar-refractivity contribution in [1.29, 1.82) is 0 Å². The second-order valence-electron chi connectivity index (χ2n) is 6.92. The zero-order valence-corrected chi connectivity index (χ0v) is 15.5. The van der Waals surface area contributed by atoms with Crippen LogP contribution in [-0.4, -0.2) is 34.7 Å². The number of carbonyl (C=O) groups is 2. The Bertz CT molecular complexity index is 826. The third kappa shape index (κ3) is 4.25. The molecule has 6 heteroatoms. The molecule has 136 valence electrons. The molecule has 1 aliphatic rings. The van der Waals surface area contributed by atoms with Crippen molar-refractivity contribution < 1.29 is 9.59 Å². The van der Waals surface area contributed by atoms with Gasteiger partial charge in [-0.1, -0.05) is 19.1 Å². The van der Waals surface area contributed by atoms with Gasteiger partial charge in [0.1, 0.15) is 17.3 Å². The van der Waals surface area contributed by atoms with Crippen LogP contribution in [0.15, 0.2) is 30.3 Å². The summed E-state index contributed by atoms with van der Waals surface area (Å²) in [6, 6.07) is 8.64. The molecule has 1 amide bonds. The van der Waals surface area contributed by atoms with Crippen molar-refractivity contribution in [2.24, 2.45) is 5.92 Å². The summed E-state index contributed by atoms with van der Waals surface area (Å²) in [7, 11) is 0. The Morgan fingerprint density at radius 3 is 2.58 bits per heavy atom. The minimum atomic E-state index is -0.303. The summed E-state index contributed by atoms with van der Waals surface area (Å²) in [6.07, 6.45) is 2.25. The van der Waals surface area contributed by atoms with Crippen molar-refractivity contribution in [3.63, 3.8) is 0 Å². The molecular formula is C20H24N4O2. The van der Waals surface area contributed by atoms with E-state index in [-0.39, 0.29) is 11.7 Å². The van der Waals surface area contributed by atoms with Crippen molar-refractivity contribution in [3.05, 3.63) is 47.4 Å². The predicted molar refractivity (Wildman–Crippen MR) is 102 cm³/mol. The molecule has 2 heterocycles. The maximum Gasteiger partial charge on any atom is 0.274 e. The third-order valence-electron chi connectivity index (χ3n) is 4.69. The topological polar surface area (TPSA) is 75.2 Å². The number of aryl methyl sites for hydroxylation is 1. The quantitative estimate of drug-likeness (QED) is 0.853.